The first-order valence-electron chi connectivity index (χ1n) is 5.01. The number of aryl methyl sites for hydroxylation is 1. The maximum atomic E-state index is 6.20. The number of aromatic nitrogens is 2. The summed E-state index contributed by atoms with van der Waals surface area (Å²) in [6, 6.07) is -0.208. The number of thiazole rings is 1. The van der Waals surface area contributed by atoms with Crippen LogP contribution in [0, 0.1) is 6.92 Å². The van der Waals surface area contributed by atoms with Gasteiger partial charge < -0.3 is 5.73 Å². The van der Waals surface area contributed by atoms with Gasteiger partial charge in [0.25, 0.3) is 0 Å². The first-order valence-corrected chi connectivity index (χ1v) is 6.67. The average molecular weight is 289 g/mol. The predicted octanol–water partition coefficient (Wildman–Crippen LogP) is 2.25. The lowest BCUT2D eigenvalue weighted by Gasteiger charge is -2.23. The SMILES string of the molecule is Cc1csc2nc(Cl)c(C(C(N)=S)N(C)C)n12. The number of halogens is 1. The molecule has 0 aliphatic heterocycles. The van der Waals surface area contributed by atoms with Crippen molar-refractivity contribution in [2.24, 2.45) is 5.73 Å². The minimum absolute atomic E-state index is 0.208. The van der Waals surface area contributed by atoms with Gasteiger partial charge in [-0.25, -0.2) is 4.98 Å². The first-order chi connectivity index (χ1) is 7.93. The highest BCUT2D eigenvalue weighted by Gasteiger charge is 2.26. The Morgan fingerprint density at radius 1 is 1.65 bits per heavy atom. The molecular weight excluding hydrogens is 276 g/mol. The van der Waals surface area contributed by atoms with Gasteiger partial charge in [-0.05, 0) is 21.0 Å². The van der Waals surface area contributed by atoms with Crippen LogP contribution in [0.15, 0.2) is 5.38 Å². The van der Waals surface area contributed by atoms with Crippen molar-refractivity contribution in [3.8, 4) is 0 Å². The molecule has 4 nitrogen and oxygen atoms in total. The second-order valence-corrected chi connectivity index (χ2v) is 5.72. The summed E-state index contributed by atoms with van der Waals surface area (Å²) in [5, 5.41) is 2.50. The summed E-state index contributed by atoms with van der Waals surface area (Å²) in [6.45, 7) is 2.01. The number of imidazole rings is 1. The minimum Gasteiger partial charge on any atom is -0.392 e. The van der Waals surface area contributed by atoms with Crippen molar-refractivity contribution < 1.29 is 0 Å². The highest BCUT2D eigenvalue weighted by atomic mass is 35.5. The maximum absolute atomic E-state index is 6.20. The van der Waals surface area contributed by atoms with E-state index in [1.807, 2.05) is 35.7 Å². The third-order valence-corrected chi connectivity index (χ3v) is 4.01. The van der Waals surface area contributed by atoms with Crippen LogP contribution < -0.4 is 5.73 Å². The molecule has 0 bridgehead atoms. The van der Waals surface area contributed by atoms with Crippen LogP contribution in [-0.4, -0.2) is 33.4 Å². The van der Waals surface area contributed by atoms with Crippen LogP contribution in [0.1, 0.15) is 17.4 Å². The highest BCUT2D eigenvalue weighted by Crippen LogP contribution is 2.31. The van der Waals surface area contributed by atoms with Gasteiger partial charge in [0.05, 0.1) is 10.7 Å². The van der Waals surface area contributed by atoms with E-state index in [0.29, 0.717) is 10.1 Å². The summed E-state index contributed by atoms with van der Waals surface area (Å²) in [6.07, 6.45) is 0. The summed E-state index contributed by atoms with van der Waals surface area (Å²) in [4.78, 5) is 7.52. The monoisotopic (exact) mass is 288 g/mol. The van der Waals surface area contributed by atoms with Crippen molar-refractivity contribution in [1.29, 1.82) is 0 Å². The van der Waals surface area contributed by atoms with Crippen LogP contribution in [0.3, 0.4) is 0 Å². The predicted molar refractivity (Wildman–Crippen MR) is 76.0 cm³/mol. The fraction of sp³-hybridized carbons (Fsp3) is 0.400. The zero-order valence-electron chi connectivity index (χ0n) is 9.77. The summed E-state index contributed by atoms with van der Waals surface area (Å²) in [5.41, 5.74) is 7.73. The van der Waals surface area contributed by atoms with E-state index in [9.17, 15) is 0 Å². The number of rotatable bonds is 3. The summed E-state index contributed by atoms with van der Waals surface area (Å²) in [5.74, 6) is 0. The van der Waals surface area contributed by atoms with Crippen molar-refractivity contribution in [3.05, 3.63) is 21.9 Å². The number of nitrogens with zero attached hydrogens (tertiary/aromatic N) is 3. The van der Waals surface area contributed by atoms with Crippen molar-refractivity contribution in [1.82, 2.24) is 14.3 Å². The van der Waals surface area contributed by atoms with E-state index in [2.05, 4.69) is 4.98 Å². The lowest BCUT2D eigenvalue weighted by atomic mass is 10.2. The van der Waals surface area contributed by atoms with Gasteiger partial charge in [0.15, 0.2) is 10.1 Å². The number of thiocarbonyl (C=S) groups is 1. The Bertz CT molecular complexity index is 572. The van der Waals surface area contributed by atoms with Crippen molar-refractivity contribution in [3.63, 3.8) is 0 Å². The van der Waals surface area contributed by atoms with E-state index in [0.717, 1.165) is 16.3 Å². The smallest absolute Gasteiger partial charge is 0.195 e. The molecule has 2 aromatic rings. The zero-order valence-corrected chi connectivity index (χ0v) is 12.2. The molecule has 0 saturated heterocycles. The summed E-state index contributed by atoms with van der Waals surface area (Å²) >= 11 is 12.9. The molecule has 0 fully saturated rings. The van der Waals surface area contributed by atoms with Gasteiger partial charge in [-0.2, -0.15) is 0 Å². The molecule has 2 rings (SSSR count). The van der Waals surface area contributed by atoms with Crippen molar-refractivity contribution in [2.45, 2.75) is 13.0 Å². The van der Waals surface area contributed by atoms with Crippen LogP contribution in [0.2, 0.25) is 5.15 Å². The van der Waals surface area contributed by atoms with Crippen LogP contribution >= 0.6 is 35.2 Å². The first kappa shape index (κ1) is 12.8. The Kier molecular flexibility index (Phi) is 3.40. The van der Waals surface area contributed by atoms with Crippen LogP contribution in [-0.2, 0) is 0 Å². The zero-order chi connectivity index (χ0) is 12.7. The standard InChI is InChI=1S/C10H13ClN4S2/c1-5-4-17-10-13-8(11)6(15(5)10)7(9(12)16)14(2)3/h4,7H,1-3H3,(H2,12,16). The molecule has 2 aromatic heterocycles. The molecule has 0 spiro atoms. The third kappa shape index (κ3) is 2.06. The van der Waals surface area contributed by atoms with E-state index >= 15 is 0 Å². The Morgan fingerprint density at radius 2 is 2.29 bits per heavy atom. The van der Waals surface area contributed by atoms with E-state index in [1.165, 1.54) is 0 Å². The second kappa shape index (κ2) is 4.53. The van der Waals surface area contributed by atoms with E-state index in [1.54, 1.807) is 11.3 Å². The molecule has 17 heavy (non-hydrogen) atoms. The number of hydrogen-bond donors (Lipinski definition) is 1. The summed E-state index contributed by atoms with van der Waals surface area (Å²) < 4.78 is 2.01. The van der Waals surface area contributed by atoms with Gasteiger partial charge in [-0.15, -0.1) is 11.3 Å². The molecule has 0 aliphatic carbocycles. The molecule has 1 unspecified atom stereocenters. The Morgan fingerprint density at radius 3 is 2.82 bits per heavy atom. The number of fused-ring (bicyclic) bond motifs is 1. The fourth-order valence-electron chi connectivity index (χ4n) is 1.87. The molecule has 0 aromatic carbocycles. The molecule has 92 valence electrons. The minimum atomic E-state index is -0.208. The highest BCUT2D eigenvalue weighted by molar-refractivity contribution is 7.80. The van der Waals surface area contributed by atoms with Crippen LogP contribution in [0.25, 0.3) is 4.96 Å². The van der Waals surface area contributed by atoms with Gasteiger partial charge in [-0.1, -0.05) is 23.8 Å². The number of likely N-dealkylation sites (N-methyl/N-ethyl adjacent to an activating group) is 1. The molecule has 1 atom stereocenters. The molecule has 7 heteroatoms. The van der Waals surface area contributed by atoms with Gasteiger partial charge >= 0.3 is 0 Å². The van der Waals surface area contributed by atoms with Crippen molar-refractivity contribution in [2.75, 3.05) is 14.1 Å². The van der Waals surface area contributed by atoms with Gasteiger partial charge in [-0.3, -0.25) is 9.30 Å². The van der Waals surface area contributed by atoms with Gasteiger partial charge in [0.2, 0.25) is 0 Å². The molecule has 2 heterocycles. The average Bonchev–Trinajstić information content (AvgIpc) is 2.69. The molecule has 0 aliphatic rings. The fourth-order valence-corrected chi connectivity index (χ4v) is 3.38. The molecule has 2 N–H and O–H groups in total. The third-order valence-electron chi connectivity index (χ3n) is 2.57. The topological polar surface area (TPSA) is 46.6 Å². The Labute approximate surface area is 114 Å². The second-order valence-electron chi connectivity index (χ2n) is 4.05. The Hall–Kier alpha value is -0.690. The lowest BCUT2D eigenvalue weighted by Crippen LogP contribution is -2.32. The van der Waals surface area contributed by atoms with Crippen LogP contribution in [0.5, 0.6) is 0 Å². The maximum Gasteiger partial charge on any atom is 0.195 e. The normalized spacial score (nSPS) is 13.5. The number of nitrogens with two attached hydrogens (primary N) is 1. The molecule has 0 amide bonds. The lowest BCUT2D eigenvalue weighted by molar-refractivity contribution is 0.363. The van der Waals surface area contributed by atoms with E-state index < -0.39 is 0 Å². The Balaban J connectivity index is 2.71. The van der Waals surface area contributed by atoms with Gasteiger partial charge in [0, 0.05) is 11.1 Å². The van der Waals surface area contributed by atoms with Gasteiger partial charge in [0.1, 0.15) is 6.04 Å². The molecular formula is C10H13ClN4S2. The van der Waals surface area contributed by atoms with E-state index in [-0.39, 0.29) is 6.04 Å². The largest absolute Gasteiger partial charge is 0.392 e. The van der Waals surface area contributed by atoms with Crippen LogP contribution in [0.4, 0.5) is 0 Å². The molecule has 0 radical (unpaired) electrons. The van der Waals surface area contributed by atoms with E-state index in [4.69, 9.17) is 29.6 Å². The molecule has 0 saturated carbocycles. The summed E-state index contributed by atoms with van der Waals surface area (Å²) in [7, 11) is 3.84. The van der Waals surface area contributed by atoms with Crippen molar-refractivity contribution >= 4 is 45.1 Å². The quantitative estimate of drug-likeness (QED) is 0.880. The number of hydrogen-bond acceptors (Lipinski definition) is 4.